The molecule has 0 saturated carbocycles. The maximum Gasteiger partial charge on any atom is 0.246 e. The first-order valence-electron chi connectivity index (χ1n) is 8.08. The Morgan fingerprint density at radius 3 is 2.33 bits per heavy atom. The van der Waals surface area contributed by atoms with Gasteiger partial charge in [-0.05, 0) is 36.8 Å². The Morgan fingerprint density at radius 2 is 1.71 bits per heavy atom. The molecule has 1 saturated heterocycles. The molecule has 0 bridgehead atoms. The summed E-state index contributed by atoms with van der Waals surface area (Å²) >= 11 is 5.99. The molecule has 1 atom stereocenters. The molecule has 2 aromatic carbocycles. The van der Waals surface area contributed by atoms with E-state index in [9.17, 15) is 4.79 Å². The van der Waals surface area contributed by atoms with Gasteiger partial charge in [0.05, 0.1) is 13.2 Å². The molecule has 1 aliphatic rings. The van der Waals surface area contributed by atoms with E-state index in [0.717, 1.165) is 29.9 Å². The van der Waals surface area contributed by atoms with Gasteiger partial charge < -0.3 is 10.1 Å². The average molecular weight is 345 g/mol. The first-order valence-corrected chi connectivity index (χ1v) is 8.46. The maximum atomic E-state index is 13.0. The van der Waals surface area contributed by atoms with E-state index in [4.69, 9.17) is 16.3 Å². The lowest BCUT2D eigenvalue weighted by Gasteiger charge is -2.33. The van der Waals surface area contributed by atoms with Gasteiger partial charge in [-0.2, -0.15) is 0 Å². The first-order chi connectivity index (χ1) is 11.6. The van der Waals surface area contributed by atoms with Crippen molar-refractivity contribution in [2.75, 3.05) is 31.6 Å². The van der Waals surface area contributed by atoms with Gasteiger partial charge in [0, 0.05) is 23.8 Å². The Labute approximate surface area is 147 Å². The highest BCUT2D eigenvalue weighted by molar-refractivity contribution is 6.30. The van der Waals surface area contributed by atoms with Gasteiger partial charge in [-0.3, -0.25) is 9.69 Å². The number of nitrogens with zero attached hydrogens (tertiary/aromatic N) is 1. The molecule has 1 N–H and O–H groups in total. The number of amides is 1. The number of aryl methyl sites for hydroxylation is 1. The molecule has 4 nitrogen and oxygen atoms in total. The Hall–Kier alpha value is -1.88. The molecule has 0 spiro atoms. The number of carbonyl (C=O) groups excluding carboxylic acids is 1. The quantitative estimate of drug-likeness (QED) is 0.920. The van der Waals surface area contributed by atoms with Crippen molar-refractivity contribution in [1.29, 1.82) is 0 Å². The predicted octanol–water partition coefficient (Wildman–Crippen LogP) is 3.66. The molecule has 3 rings (SSSR count). The van der Waals surface area contributed by atoms with E-state index in [1.54, 1.807) is 0 Å². The van der Waals surface area contributed by atoms with Gasteiger partial charge in [-0.25, -0.2) is 0 Å². The highest BCUT2D eigenvalue weighted by atomic mass is 35.5. The third kappa shape index (κ3) is 4.15. The molecular weight excluding hydrogens is 324 g/mol. The summed E-state index contributed by atoms with van der Waals surface area (Å²) in [6, 6.07) is 14.9. The number of hydrogen-bond donors (Lipinski definition) is 1. The summed E-state index contributed by atoms with van der Waals surface area (Å²) in [5, 5.41) is 3.69. The molecule has 1 amide bonds. The van der Waals surface area contributed by atoms with Crippen LogP contribution in [0.4, 0.5) is 5.69 Å². The van der Waals surface area contributed by atoms with Crippen molar-refractivity contribution in [1.82, 2.24) is 4.90 Å². The lowest BCUT2D eigenvalue weighted by Crippen LogP contribution is -2.43. The predicted molar refractivity (Wildman–Crippen MR) is 96.4 cm³/mol. The van der Waals surface area contributed by atoms with Gasteiger partial charge in [0.15, 0.2) is 0 Å². The molecule has 126 valence electrons. The molecule has 0 aromatic heterocycles. The normalized spacial score (nSPS) is 16.6. The molecule has 1 fully saturated rings. The number of hydrogen-bond acceptors (Lipinski definition) is 3. The number of halogens is 1. The molecule has 24 heavy (non-hydrogen) atoms. The van der Waals surface area contributed by atoms with Crippen LogP contribution in [0.3, 0.4) is 0 Å². The summed E-state index contributed by atoms with van der Waals surface area (Å²) in [6.07, 6.45) is 0. The third-order valence-electron chi connectivity index (χ3n) is 4.16. The zero-order valence-electron chi connectivity index (χ0n) is 13.7. The van der Waals surface area contributed by atoms with Crippen molar-refractivity contribution >= 4 is 23.2 Å². The Morgan fingerprint density at radius 1 is 1.08 bits per heavy atom. The van der Waals surface area contributed by atoms with Gasteiger partial charge >= 0.3 is 0 Å². The largest absolute Gasteiger partial charge is 0.379 e. The first kappa shape index (κ1) is 17.0. The Balaban J connectivity index is 1.83. The number of nitrogens with one attached hydrogen (secondary N) is 1. The van der Waals surface area contributed by atoms with E-state index >= 15 is 0 Å². The van der Waals surface area contributed by atoms with Crippen LogP contribution in [0.2, 0.25) is 5.02 Å². The highest BCUT2D eigenvalue weighted by Gasteiger charge is 2.29. The fourth-order valence-corrected chi connectivity index (χ4v) is 2.98. The number of anilines is 1. The smallest absolute Gasteiger partial charge is 0.246 e. The Bertz CT molecular complexity index is 680. The van der Waals surface area contributed by atoms with E-state index in [1.165, 1.54) is 0 Å². The summed E-state index contributed by atoms with van der Waals surface area (Å²) in [4.78, 5) is 15.1. The highest BCUT2D eigenvalue weighted by Crippen LogP contribution is 2.25. The second-order valence-corrected chi connectivity index (χ2v) is 6.39. The van der Waals surface area contributed by atoms with Crippen molar-refractivity contribution in [2.24, 2.45) is 0 Å². The fourth-order valence-electron chi connectivity index (χ4n) is 2.86. The topological polar surface area (TPSA) is 41.6 Å². The molecule has 1 aliphatic heterocycles. The van der Waals surface area contributed by atoms with E-state index in [1.807, 2.05) is 55.5 Å². The second-order valence-electron chi connectivity index (χ2n) is 5.96. The van der Waals surface area contributed by atoms with Crippen LogP contribution < -0.4 is 5.32 Å². The monoisotopic (exact) mass is 344 g/mol. The molecule has 5 heteroatoms. The van der Waals surface area contributed by atoms with Crippen LogP contribution in [0.15, 0.2) is 48.5 Å². The number of carbonyl (C=O) groups is 1. The van der Waals surface area contributed by atoms with Crippen molar-refractivity contribution in [3.63, 3.8) is 0 Å². The van der Waals surface area contributed by atoms with Crippen LogP contribution in [-0.4, -0.2) is 37.1 Å². The second kappa shape index (κ2) is 7.79. The lowest BCUT2D eigenvalue weighted by molar-refractivity contribution is -0.123. The van der Waals surface area contributed by atoms with Crippen molar-refractivity contribution in [2.45, 2.75) is 13.0 Å². The number of rotatable bonds is 4. The zero-order valence-corrected chi connectivity index (χ0v) is 14.4. The zero-order chi connectivity index (χ0) is 16.9. The standard InChI is InChI=1S/C19H21ClN2O2/c1-14-2-8-17(9-3-14)21-19(23)18(22-10-12-24-13-11-22)15-4-6-16(20)7-5-15/h2-9,18H,10-13H2,1H3,(H,21,23)/t18-/m1/s1. The van der Waals surface area contributed by atoms with Crippen LogP contribution in [0.25, 0.3) is 0 Å². The van der Waals surface area contributed by atoms with Crippen molar-refractivity contribution in [3.05, 3.63) is 64.7 Å². The SMILES string of the molecule is Cc1ccc(NC(=O)[C@@H](c2ccc(Cl)cc2)N2CCOCC2)cc1. The van der Waals surface area contributed by atoms with E-state index < -0.39 is 0 Å². The summed E-state index contributed by atoms with van der Waals surface area (Å²) in [7, 11) is 0. The fraction of sp³-hybridized carbons (Fsp3) is 0.316. The van der Waals surface area contributed by atoms with Crippen LogP contribution in [0.1, 0.15) is 17.2 Å². The maximum absolute atomic E-state index is 13.0. The minimum Gasteiger partial charge on any atom is -0.379 e. The average Bonchev–Trinajstić information content (AvgIpc) is 2.60. The van der Waals surface area contributed by atoms with Crippen LogP contribution in [0.5, 0.6) is 0 Å². The lowest BCUT2D eigenvalue weighted by atomic mass is 10.0. The van der Waals surface area contributed by atoms with Gasteiger partial charge in [0.2, 0.25) is 5.91 Å². The minimum absolute atomic E-state index is 0.0388. The van der Waals surface area contributed by atoms with Crippen LogP contribution in [-0.2, 0) is 9.53 Å². The van der Waals surface area contributed by atoms with Crippen molar-refractivity contribution < 1.29 is 9.53 Å². The van der Waals surface area contributed by atoms with Gasteiger partial charge in [0.1, 0.15) is 6.04 Å². The number of morpholine rings is 1. The molecule has 2 aromatic rings. The van der Waals surface area contributed by atoms with Gasteiger partial charge in [-0.15, -0.1) is 0 Å². The van der Waals surface area contributed by atoms with E-state index in [2.05, 4.69) is 10.2 Å². The molecule has 0 aliphatic carbocycles. The summed E-state index contributed by atoms with van der Waals surface area (Å²) in [5.74, 6) is -0.0388. The summed E-state index contributed by atoms with van der Waals surface area (Å²) in [6.45, 7) is 4.77. The molecule has 0 radical (unpaired) electrons. The molecule has 0 unspecified atom stereocenters. The van der Waals surface area contributed by atoms with Crippen LogP contribution >= 0.6 is 11.6 Å². The van der Waals surface area contributed by atoms with E-state index in [0.29, 0.717) is 18.2 Å². The number of ether oxygens (including phenoxy) is 1. The minimum atomic E-state index is -0.354. The van der Waals surface area contributed by atoms with E-state index in [-0.39, 0.29) is 11.9 Å². The molecular formula is C19H21ClN2O2. The number of benzene rings is 2. The summed E-state index contributed by atoms with van der Waals surface area (Å²) in [5.41, 5.74) is 2.90. The van der Waals surface area contributed by atoms with Crippen molar-refractivity contribution in [3.8, 4) is 0 Å². The van der Waals surface area contributed by atoms with Gasteiger partial charge in [0.25, 0.3) is 0 Å². The van der Waals surface area contributed by atoms with Gasteiger partial charge in [-0.1, -0.05) is 41.4 Å². The molecule has 1 heterocycles. The summed E-state index contributed by atoms with van der Waals surface area (Å²) < 4.78 is 5.42. The Kier molecular flexibility index (Phi) is 5.51. The van der Waals surface area contributed by atoms with Crippen LogP contribution in [0, 0.1) is 6.92 Å². The third-order valence-corrected chi connectivity index (χ3v) is 4.42.